The first-order chi connectivity index (χ1) is 13.4. The summed E-state index contributed by atoms with van der Waals surface area (Å²) in [6, 6.07) is 14.3. The predicted molar refractivity (Wildman–Crippen MR) is 105 cm³/mol. The Balaban J connectivity index is 2.12. The lowest BCUT2D eigenvalue weighted by molar-refractivity contribution is 0.0601. The summed E-state index contributed by atoms with van der Waals surface area (Å²) in [5, 5.41) is 1.10. The SMILES string of the molecule is COC(=O)c1ccc2c(c1)nc(-c1ccccc1)c1nc(S(C)(=O)=O)ncc12. The van der Waals surface area contributed by atoms with Crippen LogP contribution in [0.2, 0.25) is 0 Å². The number of methoxy groups -OCH3 is 1. The van der Waals surface area contributed by atoms with Crippen LogP contribution in [0, 0.1) is 0 Å². The Bertz CT molecular complexity index is 1340. The number of hydrogen-bond donors (Lipinski definition) is 0. The van der Waals surface area contributed by atoms with Crippen LogP contribution >= 0.6 is 0 Å². The van der Waals surface area contributed by atoms with E-state index in [-0.39, 0.29) is 5.16 Å². The number of esters is 1. The molecule has 8 heteroatoms. The summed E-state index contributed by atoms with van der Waals surface area (Å²) in [6.45, 7) is 0. The molecule has 7 nitrogen and oxygen atoms in total. The third-order valence-corrected chi connectivity index (χ3v) is 5.17. The highest BCUT2D eigenvalue weighted by Gasteiger charge is 2.18. The number of carbonyl (C=O) groups excluding carboxylic acids is 1. The molecule has 0 spiro atoms. The average molecular weight is 393 g/mol. The largest absolute Gasteiger partial charge is 0.465 e. The minimum absolute atomic E-state index is 0.260. The third-order valence-electron chi connectivity index (χ3n) is 4.31. The van der Waals surface area contributed by atoms with Gasteiger partial charge in [-0.15, -0.1) is 0 Å². The molecule has 140 valence electrons. The molecule has 2 aromatic carbocycles. The first-order valence-electron chi connectivity index (χ1n) is 8.33. The van der Waals surface area contributed by atoms with E-state index in [9.17, 15) is 13.2 Å². The van der Waals surface area contributed by atoms with Gasteiger partial charge in [-0.2, -0.15) is 0 Å². The van der Waals surface area contributed by atoms with Crippen LogP contribution in [-0.2, 0) is 14.6 Å². The number of ether oxygens (including phenoxy) is 1. The van der Waals surface area contributed by atoms with Crippen molar-refractivity contribution in [3.05, 3.63) is 60.3 Å². The van der Waals surface area contributed by atoms with Crippen molar-refractivity contribution in [3.63, 3.8) is 0 Å². The normalized spacial score (nSPS) is 11.6. The van der Waals surface area contributed by atoms with E-state index in [1.165, 1.54) is 13.3 Å². The van der Waals surface area contributed by atoms with Gasteiger partial charge in [-0.3, -0.25) is 0 Å². The van der Waals surface area contributed by atoms with E-state index in [1.54, 1.807) is 18.2 Å². The van der Waals surface area contributed by atoms with Crippen LogP contribution in [0.1, 0.15) is 10.4 Å². The molecule has 0 bridgehead atoms. The minimum Gasteiger partial charge on any atom is -0.465 e. The molecule has 0 radical (unpaired) electrons. The van der Waals surface area contributed by atoms with Crippen molar-refractivity contribution < 1.29 is 17.9 Å². The van der Waals surface area contributed by atoms with Crippen molar-refractivity contribution in [2.24, 2.45) is 0 Å². The number of sulfone groups is 1. The summed E-state index contributed by atoms with van der Waals surface area (Å²) >= 11 is 0. The van der Waals surface area contributed by atoms with Crippen molar-refractivity contribution in [1.82, 2.24) is 15.0 Å². The van der Waals surface area contributed by atoms with Gasteiger partial charge in [0.25, 0.3) is 0 Å². The van der Waals surface area contributed by atoms with E-state index in [0.29, 0.717) is 33.1 Å². The second-order valence-electron chi connectivity index (χ2n) is 6.24. The van der Waals surface area contributed by atoms with Gasteiger partial charge in [0.15, 0.2) is 0 Å². The summed E-state index contributed by atoms with van der Waals surface area (Å²) in [7, 11) is -2.26. The lowest BCUT2D eigenvalue weighted by Crippen LogP contribution is -2.05. The Kier molecular flexibility index (Phi) is 4.27. The molecular weight excluding hydrogens is 378 g/mol. The summed E-state index contributed by atoms with van der Waals surface area (Å²) in [4.78, 5) is 24.9. The molecular formula is C20H15N3O4S. The fourth-order valence-electron chi connectivity index (χ4n) is 2.99. The third kappa shape index (κ3) is 3.07. The Hall–Kier alpha value is -3.39. The summed E-state index contributed by atoms with van der Waals surface area (Å²) in [5.74, 6) is -0.464. The van der Waals surface area contributed by atoms with Crippen molar-refractivity contribution in [2.75, 3.05) is 13.4 Å². The molecule has 4 rings (SSSR count). The van der Waals surface area contributed by atoms with Gasteiger partial charge in [0.05, 0.1) is 23.9 Å². The maximum Gasteiger partial charge on any atom is 0.337 e. The number of hydrogen-bond acceptors (Lipinski definition) is 7. The van der Waals surface area contributed by atoms with Crippen molar-refractivity contribution in [2.45, 2.75) is 5.16 Å². The van der Waals surface area contributed by atoms with E-state index >= 15 is 0 Å². The average Bonchev–Trinajstić information content (AvgIpc) is 2.71. The molecule has 4 aromatic rings. The second-order valence-corrected chi connectivity index (χ2v) is 8.15. The van der Waals surface area contributed by atoms with Crippen molar-refractivity contribution in [3.8, 4) is 11.3 Å². The zero-order valence-electron chi connectivity index (χ0n) is 15.1. The highest BCUT2D eigenvalue weighted by molar-refractivity contribution is 7.90. The lowest BCUT2D eigenvalue weighted by atomic mass is 10.0. The van der Waals surface area contributed by atoms with Gasteiger partial charge in [-0.05, 0) is 12.1 Å². The molecule has 2 heterocycles. The molecule has 0 saturated carbocycles. The number of benzene rings is 2. The highest BCUT2D eigenvalue weighted by atomic mass is 32.2. The number of pyridine rings is 1. The summed E-state index contributed by atoms with van der Waals surface area (Å²) < 4.78 is 28.7. The van der Waals surface area contributed by atoms with Crippen LogP contribution in [0.4, 0.5) is 0 Å². The first-order valence-corrected chi connectivity index (χ1v) is 10.2. The topological polar surface area (TPSA) is 99.1 Å². The first kappa shape index (κ1) is 18.0. The minimum atomic E-state index is -3.58. The fourth-order valence-corrected chi connectivity index (χ4v) is 3.49. The van der Waals surface area contributed by atoms with Crippen molar-refractivity contribution in [1.29, 1.82) is 0 Å². The van der Waals surface area contributed by atoms with Gasteiger partial charge in [0.1, 0.15) is 5.52 Å². The molecule has 0 fully saturated rings. The Morgan fingerprint density at radius 2 is 1.75 bits per heavy atom. The standard InChI is InChI=1S/C20H15N3O4S/c1-27-19(24)13-8-9-14-15-11-21-20(28(2,25)26)23-18(15)17(22-16(14)10-13)12-6-4-3-5-7-12/h3-11H,1-2H3. The fraction of sp³-hybridized carbons (Fsp3) is 0.100. The predicted octanol–water partition coefficient (Wildman–Crippen LogP) is 3.04. The highest BCUT2D eigenvalue weighted by Crippen LogP contribution is 2.31. The van der Waals surface area contributed by atoms with E-state index < -0.39 is 15.8 Å². The zero-order valence-corrected chi connectivity index (χ0v) is 15.9. The van der Waals surface area contributed by atoms with Crippen LogP contribution in [0.25, 0.3) is 33.1 Å². The quantitative estimate of drug-likeness (QED) is 0.300. The van der Waals surface area contributed by atoms with Crippen LogP contribution in [0.15, 0.2) is 59.9 Å². The maximum atomic E-state index is 11.9. The summed E-state index contributed by atoms with van der Waals surface area (Å²) in [6.07, 6.45) is 2.54. The monoisotopic (exact) mass is 393 g/mol. The maximum absolute atomic E-state index is 11.9. The molecule has 0 aliphatic heterocycles. The molecule has 0 amide bonds. The van der Waals surface area contributed by atoms with E-state index in [1.807, 2.05) is 30.3 Å². The van der Waals surface area contributed by atoms with Crippen LogP contribution in [0.3, 0.4) is 0 Å². The van der Waals surface area contributed by atoms with Crippen LogP contribution < -0.4 is 0 Å². The molecule has 0 unspecified atom stereocenters. The van der Waals surface area contributed by atoms with Gasteiger partial charge >= 0.3 is 5.97 Å². The number of rotatable bonds is 3. The molecule has 2 aromatic heterocycles. The van der Waals surface area contributed by atoms with Gasteiger partial charge in [0, 0.05) is 28.8 Å². The molecule has 28 heavy (non-hydrogen) atoms. The lowest BCUT2D eigenvalue weighted by Gasteiger charge is -2.11. The number of aromatic nitrogens is 3. The molecule has 0 atom stereocenters. The van der Waals surface area contributed by atoms with E-state index in [2.05, 4.69) is 15.0 Å². The van der Waals surface area contributed by atoms with Gasteiger partial charge < -0.3 is 4.74 Å². The summed E-state index contributed by atoms with van der Waals surface area (Å²) in [5.41, 5.74) is 2.65. The second kappa shape index (κ2) is 6.65. The Labute approximate surface area is 161 Å². The van der Waals surface area contributed by atoms with E-state index in [4.69, 9.17) is 4.74 Å². The molecule has 0 saturated heterocycles. The van der Waals surface area contributed by atoms with Crippen LogP contribution in [0.5, 0.6) is 0 Å². The van der Waals surface area contributed by atoms with E-state index in [0.717, 1.165) is 11.8 Å². The molecule has 0 aliphatic rings. The number of nitrogens with zero attached hydrogens (tertiary/aromatic N) is 3. The van der Waals surface area contributed by atoms with Gasteiger partial charge in [0.2, 0.25) is 15.0 Å². The smallest absolute Gasteiger partial charge is 0.337 e. The number of carbonyl (C=O) groups is 1. The molecule has 0 N–H and O–H groups in total. The Morgan fingerprint density at radius 3 is 2.43 bits per heavy atom. The van der Waals surface area contributed by atoms with Crippen LogP contribution in [-0.4, -0.2) is 42.7 Å². The number of fused-ring (bicyclic) bond motifs is 3. The van der Waals surface area contributed by atoms with Gasteiger partial charge in [-0.1, -0.05) is 36.4 Å². The van der Waals surface area contributed by atoms with Crippen molar-refractivity contribution >= 4 is 37.6 Å². The zero-order chi connectivity index (χ0) is 19.9. The Morgan fingerprint density at radius 1 is 1.00 bits per heavy atom. The van der Waals surface area contributed by atoms with Gasteiger partial charge in [-0.25, -0.2) is 28.2 Å². The molecule has 0 aliphatic carbocycles.